The van der Waals surface area contributed by atoms with Gasteiger partial charge >= 0.3 is 6.09 Å². The van der Waals surface area contributed by atoms with Gasteiger partial charge < -0.3 is 9.64 Å². The SMILES string of the molecule is CC(=O)N1c2ccc(-c3ccc(N(C)S(C)(=O)=O)cc3)cc2N(C(=O)Oc2ccccn2)C[C@@H]1C. The summed E-state index contributed by atoms with van der Waals surface area (Å²) >= 11 is 0. The number of carbonyl (C=O) groups excluding carboxylic acids is 2. The number of fused-ring (bicyclic) bond motifs is 1. The van der Waals surface area contributed by atoms with Crippen molar-refractivity contribution in [3.8, 4) is 17.0 Å². The van der Waals surface area contributed by atoms with Crippen LogP contribution in [0.5, 0.6) is 5.88 Å². The molecule has 1 aromatic heterocycles. The molecule has 0 saturated heterocycles. The zero-order valence-electron chi connectivity index (χ0n) is 19.9. The van der Waals surface area contributed by atoms with E-state index < -0.39 is 16.1 Å². The molecule has 2 amide bonds. The summed E-state index contributed by atoms with van der Waals surface area (Å²) in [4.78, 5) is 32.7. The molecule has 0 fully saturated rings. The van der Waals surface area contributed by atoms with Crippen molar-refractivity contribution >= 4 is 39.1 Å². The normalized spacial score (nSPS) is 15.4. The number of rotatable bonds is 4. The Labute approximate surface area is 204 Å². The van der Waals surface area contributed by atoms with Gasteiger partial charge in [0, 0.05) is 32.8 Å². The van der Waals surface area contributed by atoms with E-state index in [0.717, 1.165) is 17.4 Å². The molecule has 4 rings (SSSR count). The number of aromatic nitrogens is 1. The third-order valence-electron chi connectivity index (χ3n) is 5.86. The maximum absolute atomic E-state index is 13.1. The van der Waals surface area contributed by atoms with Crippen LogP contribution in [0.15, 0.2) is 66.9 Å². The second-order valence-electron chi connectivity index (χ2n) is 8.37. The molecule has 0 aliphatic carbocycles. The van der Waals surface area contributed by atoms with Crippen LogP contribution in [0.3, 0.4) is 0 Å². The fraction of sp³-hybridized carbons (Fsp3) is 0.240. The lowest BCUT2D eigenvalue weighted by atomic mass is 10.0. The van der Waals surface area contributed by atoms with Gasteiger partial charge in [0.25, 0.3) is 0 Å². The number of hydrogen-bond donors (Lipinski definition) is 0. The van der Waals surface area contributed by atoms with Crippen molar-refractivity contribution in [1.29, 1.82) is 0 Å². The molecule has 182 valence electrons. The number of hydrogen-bond acceptors (Lipinski definition) is 6. The number of pyridine rings is 1. The van der Waals surface area contributed by atoms with Crippen LogP contribution in [0.2, 0.25) is 0 Å². The predicted octanol–water partition coefficient (Wildman–Crippen LogP) is 3.90. The minimum Gasteiger partial charge on any atom is -0.391 e. The molecule has 1 aliphatic rings. The van der Waals surface area contributed by atoms with E-state index in [1.165, 1.54) is 29.4 Å². The van der Waals surface area contributed by atoms with E-state index in [2.05, 4.69) is 4.98 Å². The van der Waals surface area contributed by atoms with Gasteiger partial charge in [0.2, 0.25) is 21.8 Å². The first-order valence-electron chi connectivity index (χ1n) is 10.9. The first-order valence-corrected chi connectivity index (χ1v) is 12.8. The molecule has 0 bridgehead atoms. The molecular weight excluding hydrogens is 468 g/mol. The highest BCUT2D eigenvalue weighted by Gasteiger charge is 2.35. The van der Waals surface area contributed by atoms with Crippen LogP contribution in [0.25, 0.3) is 11.1 Å². The van der Waals surface area contributed by atoms with Crippen LogP contribution in [-0.2, 0) is 14.8 Å². The third-order valence-corrected chi connectivity index (χ3v) is 7.07. The van der Waals surface area contributed by atoms with E-state index in [4.69, 9.17) is 4.74 Å². The van der Waals surface area contributed by atoms with Gasteiger partial charge in [-0.15, -0.1) is 0 Å². The molecule has 0 spiro atoms. The van der Waals surface area contributed by atoms with Crippen molar-refractivity contribution in [1.82, 2.24) is 4.98 Å². The van der Waals surface area contributed by atoms with E-state index >= 15 is 0 Å². The van der Waals surface area contributed by atoms with Crippen molar-refractivity contribution in [3.63, 3.8) is 0 Å². The third kappa shape index (κ3) is 4.97. The highest BCUT2D eigenvalue weighted by Crippen LogP contribution is 2.39. The summed E-state index contributed by atoms with van der Waals surface area (Å²) in [6.07, 6.45) is 2.09. The molecule has 9 nitrogen and oxygen atoms in total. The minimum atomic E-state index is -3.37. The van der Waals surface area contributed by atoms with E-state index in [0.29, 0.717) is 17.1 Å². The maximum atomic E-state index is 13.1. The summed E-state index contributed by atoms with van der Waals surface area (Å²) in [7, 11) is -1.88. The first-order chi connectivity index (χ1) is 16.6. The lowest BCUT2D eigenvalue weighted by molar-refractivity contribution is -0.117. The predicted molar refractivity (Wildman–Crippen MR) is 135 cm³/mol. The second-order valence-corrected chi connectivity index (χ2v) is 10.4. The number of amides is 2. The van der Waals surface area contributed by atoms with Gasteiger partial charge in [0.1, 0.15) is 0 Å². The van der Waals surface area contributed by atoms with Crippen LogP contribution < -0.4 is 18.8 Å². The molecule has 35 heavy (non-hydrogen) atoms. The topological polar surface area (TPSA) is 100 Å². The molecule has 1 atom stereocenters. The number of anilines is 3. The van der Waals surface area contributed by atoms with E-state index in [1.54, 1.807) is 41.3 Å². The Hall–Kier alpha value is -3.92. The summed E-state index contributed by atoms with van der Waals surface area (Å²) in [5.74, 6) is 0.0554. The fourth-order valence-electron chi connectivity index (χ4n) is 4.06. The van der Waals surface area contributed by atoms with Gasteiger partial charge in [-0.05, 0) is 48.4 Å². The number of ether oxygens (including phenoxy) is 1. The van der Waals surface area contributed by atoms with Crippen LogP contribution in [0.4, 0.5) is 21.9 Å². The summed E-state index contributed by atoms with van der Waals surface area (Å²) in [6, 6.07) is 17.3. The standard InChI is InChI=1S/C25H26N4O5S/c1-17-16-28(25(31)34-24-7-5-6-14-26-24)23-15-20(10-13-22(23)29(17)18(2)30)19-8-11-21(12-9-19)27(3)35(4,32)33/h5-15,17H,16H2,1-4H3/t17-/m0/s1. The summed E-state index contributed by atoms with van der Waals surface area (Å²) in [5.41, 5.74) is 3.29. The number of benzene rings is 2. The summed E-state index contributed by atoms with van der Waals surface area (Å²) in [5, 5.41) is 0. The smallest absolute Gasteiger partial charge is 0.391 e. The van der Waals surface area contributed by atoms with Crippen molar-refractivity contribution in [3.05, 3.63) is 66.9 Å². The highest BCUT2D eigenvalue weighted by molar-refractivity contribution is 7.92. The van der Waals surface area contributed by atoms with Gasteiger partial charge in [-0.3, -0.25) is 14.0 Å². The Morgan fingerprint density at radius 3 is 2.31 bits per heavy atom. The Balaban J connectivity index is 1.72. The Kier molecular flexibility index (Phi) is 6.49. The molecule has 0 saturated carbocycles. The average Bonchev–Trinajstić information content (AvgIpc) is 2.82. The molecule has 3 aromatic rings. The zero-order chi connectivity index (χ0) is 25.3. The van der Waals surface area contributed by atoms with E-state index in [9.17, 15) is 18.0 Å². The van der Waals surface area contributed by atoms with Crippen molar-refractivity contribution in [2.24, 2.45) is 0 Å². The monoisotopic (exact) mass is 494 g/mol. The minimum absolute atomic E-state index is 0.127. The molecule has 2 heterocycles. The zero-order valence-corrected chi connectivity index (χ0v) is 20.7. The van der Waals surface area contributed by atoms with Gasteiger partial charge in [-0.25, -0.2) is 18.2 Å². The Morgan fingerprint density at radius 2 is 1.71 bits per heavy atom. The van der Waals surface area contributed by atoms with Crippen LogP contribution in [0, 0.1) is 0 Å². The van der Waals surface area contributed by atoms with E-state index in [1.807, 2.05) is 31.2 Å². The average molecular weight is 495 g/mol. The summed E-state index contributed by atoms with van der Waals surface area (Å²) in [6.45, 7) is 3.61. The molecule has 2 aromatic carbocycles. The van der Waals surface area contributed by atoms with Crippen LogP contribution in [0.1, 0.15) is 13.8 Å². The molecule has 1 aliphatic heterocycles. The van der Waals surface area contributed by atoms with Crippen LogP contribution in [-0.4, -0.2) is 51.3 Å². The highest BCUT2D eigenvalue weighted by atomic mass is 32.2. The lowest BCUT2D eigenvalue weighted by Gasteiger charge is -2.40. The molecule has 10 heteroatoms. The van der Waals surface area contributed by atoms with Gasteiger partial charge in [-0.2, -0.15) is 0 Å². The fourth-order valence-corrected chi connectivity index (χ4v) is 4.57. The molecule has 0 radical (unpaired) electrons. The van der Waals surface area contributed by atoms with Crippen molar-refractivity contribution < 1.29 is 22.7 Å². The molecule has 0 N–H and O–H groups in total. The second kappa shape index (κ2) is 9.38. The van der Waals surface area contributed by atoms with Gasteiger partial charge in [-0.1, -0.05) is 24.3 Å². The number of nitrogens with zero attached hydrogens (tertiary/aromatic N) is 4. The van der Waals surface area contributed by atoms with Crippen molar-refractivity contribution in [2.45, 2.75) is 19.9 Å². The van der Waals surface area contributed by atoms with E-state index in [-0.39, 0.29) is 24.4 Å². The van der Waals surface area contributed by atoms with Gasteiger partial charge in [0.15, 0.2) is 0 Å². The van der Waals surface area contributed by atoms with Crippen LogP contribution >= 0.6 is 0 Å². The maximum Gasteiger partial charge on any atom is 0.421 e. The number of sulfonamides is 1. The largest absolute Gasteiger partial charge is 0.421 e. The van der Waals surface area contributed by atoms with Gasteiger partial charge in [0.05, 0.1) is 29.4 Å². The Morgan fingerprint density at radius 1 is 1.03 bits per heavy atom. The quantitative estimate of drug-likeness (QED) is 0.545. The lowest BCUT2D eigenvalue weighted by Crippen LogP contribution is -2.52. The Bertz CT molecular complexity index is 1360. The number of carbonyl (C=O) groups is 2. The van der Waals surface area contributed by atoms with Crippen molar-refractivity contribution in [2.75, 3.05) is 34.0 Å². The summed E-state index contributed by atoms with van der Waals surface area (Å²) < 4.78 is 30.3. The molecule has 0 unspecified atom stereocenters. The first kappa shape index (κ1) is 24.2. The molecular formula is C25H26N4O5S.